The van der Waals surface area contributed by atoms with Crippen LogP contribution in [0.5, 0.6) is 0 Å². The minimum absolute atomic E-state index is 0.149. The minimum atomic E-state index is 0.149. The van der Waals surface area contributed by atoms with Crippen LogP contribution in [0.15, 0.2) is 42.5 Å². The molecule has 0 aromatic heterocycles. The molecule has 0 aliphatic rings. The van der Waals surface area contributed by atoms with Gasteiger partial charge in [-0.3, -0.25) is 4.90 Å². The highest BCUT2D eigenvalue weighted by molar-refractivity contribution is 7.80. The standard InChI is InChI=1S/C13H15NS/c1-14(2)13(15)12-9-5-7-10-6-3-4-8-11(10)12/h3-9,13,15H,1-2H3. The molecule has 0 saturated carbocycles. The van der Waals surface area contributed by atoms with Crippen molar-refractivity contribution in [3.8, 4) is 0 Å². The molecule has 0 bridgehead atoms. The quantitative estimate of drug-likeness (QED) is 0.596. The van der Waals surface area contributed by atoms with E-state index in [9.17, 15) is 0 Å². The fourth-order valence-electron chi connectivity index (χ4n) is 1.75. The number of hydrogen-bond acceptors (Lipinski definition) is 2. The third-order valence-electron chi connectivity index (χ3n) is 2.59. The van der Waals surface area contributed by atoms with E-state index in [0.717, 1.165) is 0 Å². The minimum Gasteiger partial charge on any atom is -0.294 e. The largest absolute Gasteiger partial charge is 0.294 e. The average molecular weight is 217 g/mol. The predicted molar refractivity (Wildman–Crippen MR) is 69.4 cm³/mol. The van der Waals surface area contributed by atoms with Gasteiger partial charge in [-0.05, 0) is 30.4 Å². The van der Waals surface area contributed by atoms with Crippen molar-refractivity contribution >= 4 is 23.4 Å². The molecule has 2 aromatic rings. The van der Waals surface area contributed by atoms with E-state index in [2.05, 4.69) is 60.0 Å². The van der Waals surface area contributed by atoms with Gasteiger partial charge >= 0.3 is 0 Å². The molecule has 0 heterocycles. The second-order valence-corrected chi connectivity index (χ2v) is 4.39. The summed E-state index contributed by atoms with van der Waals surface area (Å²) in [6, 6.07) is 14.8. The second-order valence-electron chi connectivity index (χ2n) is 3.91. The summed E-state index contributed by atoms with van der Waals surface area (Å²) in [4.78, 5) is 2.10. The predicted octanol–water partition coefficient (Wildman–Crippen LogP) is 3.33. The van der Waals surface area contributed by atoms with Crippen LogP contribution >= 0.6 is 12.6 Å². The summed E-state index contributed by atoms with van der Waals surface area (Å²) in [5, 5.41) is 2.71. The first-order valence-corrected chi connectivity index (χ1v) is 5.54. The van der Waals surface area contributed by atoms with Crippen LogP contribution in [-0.2, 0) is 0 Å². The monoisotopic (exact) mass is 217 g/mol. The van der Waals surface area contributed by atoms with Crippen LogP contribution in [0.1, 0.15) is 10.9 Å². The molecule has 0 fully saturated rings. The highest BCUT2D eigenvalue weighted by Gasteiger charge is 2.11. The van der Waals surface area contributed by atoms with Gasteiger partial charge in [-0.25, -0.2) is 0 Å². The first-order chi connectivity index (χ1) is 7.20. The van der Waals surface area contributed by atoms with Crippen LogP contribution in [0.2, 0.25) is 0 Å². The van der Waals surface area contributed by atoms with Crippen LogP contribution in [0.3, 0.4) is 0 Å². The van der Waals surface area contributed by atoms with Gasteiger partial charge in [0.1, 0.15) is 0 Å². The Labute approximate surface area is 96.1 Å². The van der Waals surface area contributed by atoms with Crippen molar-refractivity contribution in [2.75, 3.05) is 14.1 Å². The van der Waals surface area contributed by atoms with Gasteiger partial charge in [0, 0.05) is 0 Å². The molecule has 1 unspecified atom stereocenters. The molecule has 15 heavy (non-hydrogen) atoms. The van der Waals surface area contributed by atoms with Gasteiger partial charge in [-0.2, -0.15) is 12.6 Å². The molecule has 0 amide bonds. The van der Waals surface area contributed by atoms with Crippen molar-refractivity contribution in [1.82, 2.24) is 4.90 Å². The van der Waals surface area contributed by atoms with Gasteiger partial charge in [0.05, 0.1) is 5.37 Å². The summed E-state index contributed by atoms with van der Waals surface area (Å²) in [6.45, 7) is 0. The molecule has 78 valence electrons. The average Bonchev–Trinajstić information content (AvgIpc) is 2.27. The lowest BCUT2D eigenvalue weighted by molar-refractivity contribution is 0.395. The topological polar surface area (TPSA) is 3.24 Å². The Bertz CT molecular complexity index is 460. The van der Waals surface area contributed by atoms with E-state index in [1.54, 1.807) is 0 Å². The number of fused-ring (bicyclic) bond motifs is 1. The van der Waals surface area contributed by atoms with Crippen molar-refractivity contribution < 1.29 is 0 Å². The molecule has 2 rings (SSSR count). The van der Waals surface area contributed by atoms with Crippen LogP contribution < -0.4 is 0 Å². The van der Waals surface area contributed by atoms with Gasteiger partial charge in [0.25, 0.3) is 0 Å². The molecule has 0 radical (unpaired) electrons. The van der Waals surface area contributed by atoms with Crippen molar-refractivity contribution in [2.45, 2.75) is 5.37 Å². The summed E-state index contributed by atoms with van der Waals surface area (Å²) in [7, 11) is 4.08. The van der Waals surface area contributed by atoms with E-state index < -0.39 is 0 Å². The van der Waals surface area contributed by atoms with E-state index in [1.807, 2.05) is 14.1 Å². The van der Waals surface area contributed by atoms with Crippen molar-refractivity contribution in [1.29, 1.82) is 0 Å². The van der Waals surface area contributed by atoms with Crippen LogP contribution in [0, 0.1) is 0 Å². The molecule has 1 nitrogen and oxygen atoms in total. The smallest absolute Gasteiger partial charge is 0.0785 e. The van der Waals surface area contributed by atoms with Crippen LogP contribution in [-0.4, -0.2) is 19.0 Å². The lowest BCUT2D eigenvalue weighted by Crippen LogP contribution is -2.14. The Balaban J connectivity index is 2.60. The number of rotatable bonds is 2. The van der Waals surface area contributed by atoms with Gasteiger partial charge in [-0.1, -0.05) is 42.5 Å². The zero-order chi connectivity index (χ0) is 10.8. The maximum absolute atomic E-state index is 4.62. The van der Waals surface area contributed by atoms with Gasteiger partial charge in [0.2, 0.25) is 0 Å². The molecule has 2 heteroatoms. The molecule has 0 N–H and O–H groups in total. The van der Waals surface area contributed by atoms with Gasteiger partial charge < -0.3 is 0 Å². The third kappa shape index (κ3) is 2.01. The van der Waals surface area contributed by atoms with Gasteiger partial charge in [-0.15, -0.1) is 0 Å². The fraction of sp³-hybridized carbons (Fsp3) is 0.231. The van der Waals surface area contributed by atoms with E-state index in [1.165, 1.54) is 16.3 Å². The number of benzene rings is 2. The Morgan fingerprint density at radius 3 is 2.40 bits per heavy atom. The molecule has 1 atom stereocenters. The van der Waals surface area contributed by atoms with E-state index in [-0.39, 0.29) is 5.37 Å². The number of thiol groups is 1. The Morgan fingerprint density at radius 1 is 1.00 bits per heavy atom. The first-order valence-electron chi connectivity index (χ1n) is 5.02. The SMILES string of the molecule is CN(C)C(S)c1cccc2ccccc12. The Morgan fingerprint density at radius 2 is 1.67 bits per heavy atom. The van der Waals surface area contributed by atoms with Crippen molar-refractivity contribution in [2.24, 2.45) is 0 Å². The summed E-state index contributed by atoms with van der Waals surface area (Å²) >= 11 is 4.62. The van der Waals surface area contributed by atoms with Crippen molar-refractivity contribution in [3.05, 3.63) is 48.0 Å². The number of hydrogen-bond donors (Lipinski definition) is 1. The zero-order valence-electron chi connectivity index (χ0n) is 9.01. The van der Waals surface area contributed by atoms with Crippen LogP contribution in [0.4, 0.5) is 0 Å². The van der Waals surface area contributed by atoms with Gasteiger partial charge in [0.15, 0.2) is 0 Å². The fourth-order valence-corrected chi connectivity index (χ4v) is 1.98. The summed E-state index contributed by atoms with van der Waals surface area (Å²) in [5.74, 6) is 0. The number of nitrogens with zero attached hydrogens (tertiary/aromatic N) is 1. The maximum Gasteiger partial charge on any atom is 0.0785 e. The molecule has 0 spiro atoms. The summed E-state index contributed by atoms with van der Waals surface area (Å²) in [6.07, 6.45) is 0. The zero-order valence-corrected chi connectivity index (χ0v) is 9.91. The Kier molecular flexibility index (Phi) is 2.98. The molecule has 0 aliphatic carbocycles. The highest BCUT2D eigenvalue weighted by atomic mass is 32.1. The van der Waals surface area contributed by atoms with E-state index >= 15 is 0 Å². The molecule has 0 aliphatic heterocycles. The maximum atomic E-state index is 4.62. The Hall–Kier alpha value is -0.990. The third-order valence-corrected chi connectivity index (χ3v) is 3.33. The highest BCUT2D eigenvalue weighted by Crippen LogP contribution is 2.29. The lowest BCUT2D eigenvalue weighted by atomic mass is 10.0. The molecule has 0 saturated heterocycles. The van der Waals surface area contributed by atoms with Crippen LogP contribution in [0.25, 0.3) is 10.8 Å². The summed E-state index contributed by atoms with van der Waals surface area (Å²) in [5.41, 5.74) is 1.27. The molecule has 2 aromatic carbocycles. The lowest BCUT2D eigenvalue weighted by Gasteiger charge is -2.20. The summed E-state index contributed by atoms with van der Waals surface area (Å²) < 4.78 is 0. The first kappa shape index (κ1) is 10.5. The van der Waals surface area contributed by atoms with E-state index in [0.29, 0.717) is 0 Å². The van der Waals surface area contributed by atoms with E-state index in [4.69, 9.17) is 0 Å². The van der Waals surface area contributed by atoms with Crippen molar-refractivity contribution in [3.63, 3.8) is 0 Å². The molecular formula is C13H15NS. The molecular weight excluding hydrogens is 202 g/mol. The normalized spacial score (nSPS) is 13.3. The second kappa shape index (κ2) is 4.25.